The second-order valence-corrected chi connectivity index (χ2v) is 6.95. The molecule has 0 unspecified atom stereocenters. The van der Waals surface area contributed by atoms with Crippen molar-refractivity contribution in [3.63, 3.8) is 0 Å². The van der Waals surface area contributed by atoms with E-state index < -0.39 is 0 Å². The number of hydrogen-bond donors (Lipinski definition) is 0. The number of hydrogen-bond acceptors (Lipinski definition) is 2. The van der Waals surface area contributed by atoms with E-state index in [0.29, 0.717) is 6.54 Å². The topological polar surface area (TPSA) is 40.6 Å². The smallest absolute Gasteiger partial charge is 0.243 e. The van der Waals surface area contributed by atoms with Crippen LogP contribution in [0.4, 0.5) is 5.69 Å². The summed E-state index contributed by atoms with van der Waals surface area (Å²) >= 11 is 0. The molecule has 26 heavy (non-hydrogen) atoms. The highest BCUT2D eigenvalue weighted by molar-refractivity contribution is 5.98. The maximum atomic E-state index is 13.0. The molecule has 0 aliphatic heterocycles. The highest BCUT2D eigenvalue weighted by atomic mass is 16.2. The minimum absolute atomic E-state index is 0.0477. The number of para-hydroxylation sites is 1. The lowest BCUT2D eigenvalue weighted by molar-refractivity contribution is -0.133. The van der Waals surface area contributed by atoms with Crippen LogP contribution in [0.1, 0.15) is 37.5 Å². The number of carbonyl (C=O) groups excluding carboxylic acids is 2. The lowest BCUT2D eigenvalue weighted by atomic mass is 10.1. The molecule has 2 amide bonds. The van der Waals surface area contributed by atoms with Gasteiger partial charge in [0.05, 0.1) is 5.69 Å². The molecule has 4 heteroatoms. The quantitative estimate of drug-likeness (QED) is 0.785. The summed E-state index contributed by atoms with van der Waals surface area (Å²) in [6, 6.07) is 15.9. The highest BCUT2D eigenvalue weighted by Crippen LogP contribution is 2.25. The summed E-state index contributed by atoms with van der Waals surface area (Å²) < 4.78 is 0. The zero-order valence-corrected chi connectivity index (χ0v) is 16.3. The SMILES string of the molecule is CC(=O)N(CC(=O)N(Cc1ccccc1)C(C)C)c1c(C)cccc1C. The van der Waals surface area contributed by atoms with Gasteiger partial charge in [-0.3, -0.25) is 9.59 Å². The van der Waals surface area contributed by atoms with Crippen LogP contribution in [0, 0.1) is 13.8 Å². The van der Waals surface area contributed by atoms with Crippen molar-refractivity contribution in [1.29, 1.82) is 0 Å². The van der Waals surface area contributed by atoms with Crippen LogP contribution in [0.3, 0.4) is 0 Å². The molecule has 2 rings (SSSR count). The number of rotatable bonds is 6. The van der Waals surface area contributed by atoms with E-state index in [-0.39, 0.29) is 24.4 Å². The molecule has 0 aliphatic carbocycles. The van der Waals surface area contributed by atoms with Gasteiger partial charge in [-0.15, -0.1) is 0 Å². The Hall–Kier alpha value is -2.62. The molecule has 0 aliphatic rings. The summed E-state index contributed by atoms with van der Waals surface area (Å²) in [6.07, 6.45) is 0. The summed E-state index contributed by atoms with van der Waals surface area (Å²) in [5, 5.41) is 0. The van der Waals surface area contributed by atoms with Crippen molar-refractivity contribution in [2.75, 3.05) is 11.4 Å². The summed E-state index contributed by atoms with van der Waals surface area (Å²) in [4.78, 5) is 28.7. The number of nitrogens with zero attached hydrogens (tertiary/aromatic N) is 2. The first-order chi connectivity index (χ1) is 12.3. The van der Waals surface area contributed by atoms with E-state index in [2.05, 4.69) is 0 Å². The van der Waals surface area contributed by atoms with Gasteiger partial charge in [-0.25, -0.2) is 0 Å². The molecule has 0 saturated carbocycles. The van der Waals surface area contributed by atoms with Gasteiger partial charge in [0.15, 0.2) is 0 Å². The molecule has 0 radical (unpaired) electrons. The van der Waals surface area contributed by atoms with Crippen molar-refractivity contribution >= 4 is 17.5 Å². The van der Waals surface area contributed by atoms with Gasteiger partial charge in [0.25, 0.3) is 0 Å². The van der Waals surface area contributed by atoms with Crippen LogP contribution in [0.5, 0.6) is 0 Å². The molecule has 0 fully saturated rings. The number of carbonyl (C=O) groups is 2. The van der Waals surface area contributed by atoms with Crippen LogP contribution in [-0.2, 0) is 16.1 Å². The molecule has 2 aromatic rings. The van der Waals surface area contributed by atoms with E-state index in [1.165, 1.54) is 6.92 Å². The molecular formula is C22H28N2O2. The third-order valence-electron chi connectivity index (χ3n) is 4.52. The number of amides is 2. The number of aryl methyl sites for hydroxylation is 2. The van der Waals surface area contributed by atoms with Gasteiger partial charge in [-0.2, -0.15) is 0 Å². The Kier molecular flexibility index (Phi) is 6.56. The molecule has 0 N–H and O–H groups in total. The largest absolute Gasteiger partial charge is 0.334 e. The molecule has 0 heterocycles. The van der Waals surface area contributed by atoms with Crippen LogP contribution in [0.25, 0.3) is 0 Å². The molecule has 4 nitrogen and oxygen atoms in total. The normalized spacial score (nSPS) is 10.7. The summed E-state index contributed by atoms with van der Waals surface area (Å²) in [5.41, 5.74) is 3.90. The van der Waals surface area contributed by atoms with E-state index in [9.17, 15) is 9.59 Å². The van der Waals surface area contributed by atoms with Crippen molar-refractivity contribution in [3.05, 3.63) is 65.2 Å². The van der Waals surface area contributed by atoms with Crippen molar-refractivity contribution in [3.8, 4) is 0 Å². The van der Waals surface area contributed by atoms with Gasteiger partial charge in [0, 0.05) is 19.5 Å². The van der Waals surface area contributed by atoms with Crippen LogP contribution < -0.4 is 4.90 Å². The molecule has 0 saturated heterocycles. The minimum Gasteiger partial charge on any atom is -0.334 e. The standard InChI is InChI=1S/C22H28N2O2/c1-16(2)23(14-20-12-7-6-8-13-20)21(26)15-24(19(5)25)22-17(3)10-9-11-18(22)4/h6-13,16H,14-15H2,1-5H3. The van der Waals surface area contributed by atoms with E-state index in [4.69, 9.17) is 0 Å². The monoisotopic (exact) mass is 352 g/mol. The summed E-state index contributed by atoms with van der Waals surface area (Å²) in [7, 11) is 0. The predicted octanol–water partition coefficient (Wildman–Crippen LogP) is 4.09. The Morgan fingerprint density at radius 2 is 1.50 bits per heavy atom. The average Bonchev–Trinajstić information content (AvgIpc) is 2.59. The average molecular weight is 352 g/mol. The van der Waals surface area contributed by atoms with Crippen LogP contribution >= 0.6 is 0 Å². The van der Waals surface area contributed by atoms with E-state index in [1.54, 1.807) is 4.90 Å². The maximum absolute atomic E-state index is 13.0. The molecule has 2 aromatic carbocycles. The van der Waals surface area contributed by atoms with E-state index in [1.807, 2.05) is 81.1 Å². The first-order valence-corrected chi connectivity index (χ1v) is 8.99. The Bertz CT molecular complexity index is 749. The van der Waals surface area contributed by atoms with E-state index >= 15 is 0 Å². The molecule has 0 bridgehead atoms. The minimum atomic E-state index is -0.126. The first kappa shape index (κ1) is 19.7. The van der Waals surface area contributed by atoms with Crippen molar-refractivity contribution in [2.24, 2.45) is 0 Å². The zero-order valence-electron chi connectivity index (χ0n) is 16.3. The number of anilines is 1. The van der Waals surface area contributed by atoms with Crippen LogP contribution in [-0.4, -0.2) is 29.3 Å². The Balaban J connectivity index is 2.26. The highest BCUT2D eigenvalue weighted by Gasteiger charge is 2.24. The van der Waals surface area contributed by atoms with Gasteiger partial charge in [-0.05, 0) is 44.4 Å². The Labute approximate surface area is 156 Å². The summed E-state index contributed by atoms with van der Waals surface area (Å²) in [6.45, 7) is 10.0. The Morgan fingerprint density at radius 1 is 0.923 bits per heavy atom. The fraction of sp³-hybridized carbons (Fsp3) is 0.364. The van der Waals surface area contributed by atoms with Crippen LogP contribution in [0.2, 0.25) is 0 Å². The van der Waals surface area contributed by atoms with Gasteiger partial charge in [0.1, 0.15) is 6.54 Å². The van der Waals surface area contributed by atoms with Crippen LogP contribution in [0.15, 0.2) is 48.5 Å². The summed E-state index contributed by atoms with van der Waals surface area (Å²) in [5.74, 6) is -0.180. The third-order valence-corrected chi connectivity index (χ3v) is 4.52. The van der Waals surface area contributed by atoms with Crippen molar-refractivity contribution in [2.45, 2.75) is 47.2 Å². The number of benzene rings is 2. The van der Waals surface area contributed by atoms with Gasteiger partial charge >= 0.3 is 0 Å². The lowest BCUT2D eigenvalue weighted by Crippen LogP contribution is -2.45. The van der Waals surface area contributed by atoms with Gasteiger partial charge in [-0.1, -0.05) is 48.5 Å². The molecule has 0 spiro atoms. The molecule has 0 atom stereocenters. The fourth-order valence-corrected chi connectivity index (χ4v) is 3.14. The van der Waals surface area contributed by atoms with Gasteiger partial charge < -0.3 is 9.80 Å². The zero-order chi connectivity index (χ0) is 19.3. The predicted molar refractivity (Wildman–Crippen MR) is 106 cm³/mol. The Morgan fingerprint density at radius 3 is 2.00 bits per heavy atom. The third kappa shape index (κ3) is 4.72. The molecule has 138 valence electrons. The second-order valence-electron chi connectivity index (χ2n) is 6.95. The second kappa shape index (κ2) is 8.65. The molecular weight excluding hydrogens is 324 g/mol. The van der Waals surface area contributed by atoms with Crippen molar-refractivity contribution in [1.82, 2.24) is 4.90 Å². The van der Waals surface area contributed by atoms with Crippen molar-refractivity contribution < 1.29 is 9.59 Å². The van der Waals surface area contributed by atoms with E-state index in [0.717, 1.165) is 22.4 Å². The fourth-order valence-electron chi connectivity index (χ4n) is 3.14. The lowest BCUT2D eigenvalue weighted by Gasteiger charge is -2.31. The van der Waals surface area contributed by atoms with Gasteiger partial charge in [0.2, 0.25) is 11.8 Å². The first-order valence-electron chi connectivity index (χ1n) is 8.99. The molecule has 0 aromatic heterocycles. The maximum Gasteiger partial charge on any atom is 0.243 e.